The Morgan fingerprint density at radius 2 is 1.83 bits per heavy atom. The molecule has 2 aromatic rings. The Labute approximate surface area is 177 Å². The Morgan fingerprint density at radius 1 is 1.17 bits per heavy atom. The number of aryl methyl sites for hydroxylation is 1. The van der Waals surface area contributed by atoms with Crippen LogP contribution in [0.3, 0.4) is 0 Å². The lowest BCUT2D eigenvalue weighted by Crippen LogP contribution is -2.49. The molecule has 0 spiro atoms. The molecule has 0 saturated carbocycles. The van der Waals surface area contributed by atoms with Gasteiger partial charge in [0.25, 0.3) is 5.91 Å². The second kappa shape index (κ2) is 9.44. The van der Waals surface area contributed by atoms with Crippen molar-refractivity contribution in [2.45, 2.75) is 52.6 Å². The van der Waals surface area contributed by atoms with Gasteiger partial charge in [-0.15, -0.1) is 0 Å². The first-order valence-electron chi connectivity index (χ1n) is 10.3. The van der Waals surface area contributed by atoms with Crippen LogP contribution in [0.2, 0.25) is 5.02 Å². The molecular formula is C22H29ClN4O2. The van der Waals surface area contributed by atoms with Crippen molar-refractivity contribution in [1.82, 2.24) is 19.6 Å². The lowest BCUT2D eigenvalue weighted by molar-refractivity contribution is -0.135. The van der Waals surface area contributed by atoms with Crippen molar-refractivity contribution in [2.24, 2.45) is 0 Å². The number of rotatable bonds is 6. The van der Waals surface area contributed by atoms with Crippen LogP contribution in [-0.4, -0.2) is 57.1 Å². The number of benzene rings is 1. The largest absolute Gasteiger partial charge is 0.338 e. The number of amides is 2. The number of carbonyl (C=O) groups excluding carboxylic acids is 2. The quantitative estimate of drug-likeness (QED) is 0.721. The highest BCUT2D eigenvalue weighted by Gasteiger charge is 2.30. The van der Waals surface area contributed by atoms with Crippen molar-refractivity contribution in [3.8, 4) is 0 Å². The van der Waals surface area contributed by atoms with E-state index < -0.39 is 0 Å². The first-order valence-corrected chi connectivity index (χ1v) is 10.6. The summed E-state index contributed by atoms with van der Waals surface area (Å²) in [4.78, 5) is 29.6. The second-order valence-corrected chi connectivity index (χ2v) is 8.00. The van der Waals surface area contributed by atoms with Crippen molar-refractivity contribution in [3.63, 3.8) is 0 Å². The molecule has 156 valence electrons. The van der Waals surface area contributed by atoms with E-state index in [1.165, 1.54) is 0 Å². The summed E-state index contributed by atoms with van der Waals surface area (Å²) in [6, 6.07) is 9.52. The first kappa shape index (κ1) is 21.4. The van der Waals surface area contributed by atoms with Crippen LogP contribution in [0, 0.1) is 13.8 Å². The third-order valence-electron chi connectivity index (χ3n) is 5.58. The zero-order valence-electron chi connectivity index (χ0n) is 17.4. The number of nitrogens with zero attached hydrogens (tertiary/aromatic N) is 4. The van der Waals surface area contributed by atoms with E-state index in [0.29, 0.717) is 30.2 Å². The third kappa shape index (κ3) is 4.81. The van der Waals surface area contributed by atoms with E-state index in [4.69, 9.17) is 11.6 Å². The van der Waals surface area contributed by atoms with Gasteiger partial charge in [-0.25, -0.2) is 0 Å². The van der Waals surface area contributed by atoms with Crippen LogP contribution < -0.4 is 0 Å². The van der Waals surface area contributed by atoms with Crippen LogP contribution >= 0.6 is 11.6 Å². The summed E-state index contributed by atoms with van der Waals surface area (Å²) in [5, 5.41) is 5.01. The molecule has 1 aliphatic heterocycles. The summed E-state index contributed by atoms with van der Waals surface area (Å²) in [5.41, 5.74) is 2.28. The van der Waals surface area contributed by atoms with Gasteiger partial charge < -0.3 is 9.80 Å². The molecule has 29 heavy (non-hydrogen) atoms. The number of hydrogen-bond acceptors (Lipinski definition) is 3. The van der Waals surface area contributed by atoms with Crippen molar-refractivity contribution >= 4 is 23.4 Å². The lowest BCUT2D eigenvalue weighted by atomic mass is 10.0. The fourth-order valence-corrected chi connectivity index (χ4v) is 4.08. The summed E-state index contributed by atoms with van der Waals surface area (Å²) < 4.78 is 1.69. The van der Waals surface area contributed by atoms with Gasteiger partial charge in [-0.3, -0.25) is 14.3 Å². The molecule has 2 heterocycles. The van der Waals surface area contributed by atoms with E-state index in [-0.39, 0.29) is 24.4 Å². The van der Waals surface area contributed by atoms with Crippen molar-refractivity contribution in [3.05, 3.63) is 52.3 Å². The van der Waals surface area contributed by atoms with E-state index in [0.717, 1.165) is 30.7 Å². The summed E-state index contributed by atoms with van der Waals surface area (Å²) in [6.45, 7) is 8.04. The molecule has 0 N–H and O–H groups in total. The minimum atomic E-state index is 0.0574. The standard InChI is InChI=1S/C22H29ClN4O2/c1-4-12-26(20(28)15-27-17(3)21(23)16(2)24-27)19-10-13-25(14-11-19)22(29)18-8-6-5-7-9-18/h5-9,19H,4,10-15H2,1-3H3. The summed E-state index contributed by atoms with van der Waals surface area (Å²) in [5.74, 6) is 0.122. The van der Waals surface area contributed by atoms with Gasteiger partial charge in [0.2, 0.25) is 5.91 Å². The van der Waals surface area contributed by atoms with Gasteiger partial charge in [0.15, 0.2) is 0 Å². The van der Waals surface area contributed by atoms with Crippen LogP contribution in [-0.2, 0) is 11.3 Å². The normalized spacial score (nSPS) is 14.8. The molecule has 0 aliphatic carbocycles. The molecule has 6 nitrogen and oxygen atoms in total. The summed E-state index contributed by atoms with van der Waals surface area (Å²) >= 11 is 6.22. The molecule has 1 fully saturated rings. The van der Waals surface area contributed by atoms with Gasteiger partial charge in [-0.2, -0.15) is 5.10 Å². The zero-order chi connectivity index (χ0) is 21.0. The van der Waals surface area contributed by atoms with Gasteiger partial charge in [0, 0.05) is 31.2 Å². The van der Waals surface area contributed by atoms with Crippen LogP contribution in [0.1, 0.15) is 47.9 Å². The van der Waals surface area contributed by atoms with E-state index >= 15 is 0 Å². The fraction of sp³-hybridized carbons (Fsp3) is 0.500. The number of halogens is 1. The molecular weight excluding hydrogens is 388 g/mol. The van der Waals surface area contributed by atoms with Gasteiger partial charge in [-0.05, 0) is 45.2 Å². The Kier molecular flexibility index (Phi) is 6.96. The minimum Gasteiger partial charge on any atom is -0.338 e. The Morgan fingerprint density at radius 3 is 2.38 bits per heavy atom. The van der Waals surface area contributed by atoms with Crippen LogP contribution in [0.4, 0.5) is 0 Å². The second-order valence-electron chi connectivity index (χ2n) is 7.62. The van der Waals surface area contributed by atoms with Crippen molar-refractivity contribution in [2.75, 3.05) is 19.6 Å². The van der Waals surface area contributed by atoms with Crippen molar-refractivity contribution in [1.29, 1.82) is 0 Å². The molecule has 0 bridgehead atoms. The number of aromatic nitrogens is 2. The first-order chi connectivity index (χ1) is 13.9. The average Bonchev–Trinajstić information content (AvgIpc) is 2.98. The van der Waals surface area contributed by atoms with E-state index in [2.05, 4.69) is 12.0 Å². The Balaban J connectivity index is 1.63. The van der Waals surface area contributed by atoms with E-state index in [9.17, 15) is 9.59 Å². The third-order valence-corrected chi connectivity index (χ3v) is 6.12. The molecule has 7 heteroatoms. The maximum absolute atomic E-state index is 13.1. The monoisotopic (exact) mass is 416 g/mol. The molecule has 0 unspecified atom stereocenters. The topological polar surface area (TPSA) is 58.4 Å². The number of likely N-dealkylation sites (tertiary alicyclic amines) is 1. The summed E-state index contributed by atoms with van der Waals surface area (Å²) in [6.07, 6.45) is 2.48. The molecule has 1 aromatic carbocycles. The average molecular weight is 417 g/mol. The predicted molar refractivity (Wildman–Crippen MR) is 114 cm³/mol. The molecule has 0 radical (unpaired) electrons. The molecule has 0 atom stereocenters. The van der Waals surface area contributed by atoms with Gasteiger partial charge in [0.05, 0.1) is 16.4 Å². The highest BCUT2D eigenvalue weighted by molar-refractivity contribution is 6.31. The van der Waals surface area contributed by atoms with Crippen LogP contribution in [0.15, 0.2) is 30.3 Å². The molecule has 3 rings (SSSR count). The maximum Gasteiger partial charge on any atom is 0.253 e. The number of piperidine rings is 1. The number of carbonyl (C=O) groups is 2. The van der Waals surface area contributed by atoms with E-state index in [1.807, 2.05) is 54.0 Å². The van der Waals surface area contributed by atoms with Crippen LogP contribution in [0.5, 0.6) is 0 Å². The van der Waals surface area contributed by atoms with Gasteiger partial charge in [0.1, 0.15) is 6.54 Å². The minimum absolute atomic E-state index is 0.0574. The molecule has 1 aromatic heterocycles. The molecule has 2 amide bonds. The summed E-state index contributed by atoms with van der Waals surface area (Å²) in [7, 11) is 0. The zero-order valence-corrected chi connectivity index (χ0v) is 18.2. The molecule has 1 saturated heterocycles. The smallest absolute Gasteiger partial charge is 0.253 e. The van der Waals surface area contributed by atoms with Gasteiger partial charge >= 0.3 is 0 Å². The highest BCUT2D eigenvalue weighted by Crippen LogP contribution is 2.22. The van der Waals surface area contributed by atoms with E-state index in [1.54, 1.807) is 4.68 Å². The number of hydrogen-bond donors (Lipinski definition) is 0. The SMILES string of the molecule is CCCN(C(=O)Cn1nc(C)c(Cl)c1C)C1CCN(C(=O)c2ccccc2)CC1. The van der Waals surface area contributed by atoms with Crippen molar-refractivity contribution < 1.29 is 9.59 Å². The lowest BCUT2D eigenvalue weighted by Gasteiger charge is -2.38. The van der Waals surface area contributed by atoms with Gasteiger partial charge in [-0.1, -0.05) is 36.7 Å². The predicted octanol–water partition coefficient (Wildman–Crippen LogP) is 3.70. The molecule has 1 aliphatic rings. The fourth-order valence-electron chi connectivity index (χ4n) is 3.94. The maximum atomic E-state index is 13.1. The Bertz CT molecular complexity index is 857. The highest BCUT2D eigenvalue weighted by atomic mass is 35.5. The van der Waals surface area contributed by atoms with Crippen LogP contribution in [0.25, 0.3) is 0 Å². The Hall–Kier alpha value is -2.34.